The Morgan fingerprint density at radius 2 is 1.81 bits per heavy atom. The van der Waals surface area contributed by atoms with Gasteiger partial charge in [-0.2, -0.15) is 0 Å². The zero-order valence-corrected chi connectivity index (χ0v) is 18.2. The largest absolute Gasteiger partial charge is 0.497 e. The van der Waals surface area contributed by atoms with Gasteiger partial charge >= 0.3 is 0 Å². The lowest BCUT2D eigenvalue weighted by atomic mass is 10.2. The number of hydrogen-bond acceptors (Lipinski definition) is 5. The number of nitrogens with zero attached hydrogens (tertiary/aromatic N) is 3. The van der Waals surface area contributed by atoms with Crippen LogP contribution in [0.4, 0.5) is 5.69 Å². The third kappa shape index (κ3) is 5.07. The lowest BCUT2D eigenvalue weighted by Crippen LogP contribution is -2.14. The first kappa shape index (κ1) is 21.0. The first-order chi connectivity index (χ1) is 15.1. The van der Waals surface area contributed by atoms with Crippen molar-refractivity contribution >= 4 is 35.0 Å². The van der Waals surface area contributed by atoms with E-state index in [0.29, 0.717) is 27.4 Å². The average molecular weight is 451 g/mol. The molecule has 0 aliphatic carbocycles. The highest BCUT2D eigenvalue weighted by Gasteiger charge is 2.17. The first-order valence-corrected chi connectivity index (χ1v) is 10.8. The summed E-state index contributed by atoms with van der Waals surface area (Å²) in [7, 11) is 1.59. The topological polar surface area (TPSA) is 69.0 Å². The van der Waals surface area contributed by atoms with Crippen molar-refractivity contribution in [2.45, 2.75) is 5.16 Å². The normalized spacial score (nSPS) is 10.6. The summed E-state index contributed by atoms with van der Waals surface area (Å²) in [6.45, 7) is 0. The van der Waals surface area contributed by atoms with Gasteiger partial charge in [0.25, 0.3) is 0 Å². The maximum absolute atomic E-state index is 12.5. The summed E-state index contributed by atoms with van der Waals surface area (Å²) in [4.78, 5) is 12.5. The molecule has 0 atom stereocenters. The van der Waals surface area contributed by atoms with E-state index in [1.807, 2.05) is 77.4 Å². The maximum atomic E-state index is 12.5. The number of amides is 1. The molecule has 156 valence electrons. The van der Waals surface area contributed by atoms with E-state index in [1.165, 1.54) is 11.8 Å². The number of carbonyl (C=O) groups excluding carboxylic acids is 1. The highest BCUT2D eigenvalue weighted by atomic mass is 35.5. The van der Waals surface area contributed by atoms with E-state index in [2.05, 4.69) is 15.5 Å². The van der Waals surface area contributed by atoms with Crippen LogP contribution in [0.1, 0.15) is 0 Å². The minimum absolute atomic E-state index is 0.148. The molecule has 1 heterocycles. The number of benzene rings is 3. The van der Waals surface area contributed by atoms with Gasteiger partial charge in [-0.15, -0.1) is 10.2 Å². The highest BCUT2D eigenvalue weighted by Crippen LogP contribution is 2.28. The van der Waals surface area contributed by atoms with E-state index in [0.717, 1.165) is 11.3 Å². The van der Waals surface area contributed by atoms with Gasteiger partial charge in [0.05, 0.1) is 12.9 Å². The van der Waals surface area contributed by atoms with Gasteiger partial charge in [-0.1, -0.05) is 59.8 Å². The molecule has 0 radical (unpaired) electrons. The number of anilines is 1. The van der Waals surface area contributed by atoms with Crippen molar-refractivity contribution < 1.29 is 9.53 Å². The molecule has 0 saturated carbocycles. The smallest absolute Gasteiger partial charge is 0.234 e. The SMILES string of the molecule is COc1cccc(NC(=O)CSc2nnc(-c3ccccc3)n2-c2ccc(Cl)cc2)c1. The van der Waals surface area contributed by atoms with Crippen LogP contribution in [0.5, 0.6) is 5.75 Å². The van der Waals surface area contributed by atoms with Gasteiger partial charge in [-0.05, 0) is 36.4 Å². The van der Waals surface area contributed by atoms with E-state index in [1.54, 1.807) is 13.2 Å². The second-order valence-electron chi connectivity index (χ2n) is 6.55. The Bertz CT molecular complexity index is 1180. The summed E-state index contributed by atoms with van der Waals surface area (Å²) in [5, 5.41) is 12.9. The molecule has 4 aromatic rings. The van der Waals surface area contributed by atoms with E-state index in [-0.39, 0.29) is 11.7 Å². The molecule has 3 aromatic carbocycles. The predicted molar refractivity (Wildman–Crippen MR) is 124 cm³/mol. The standard InChI is InChI=1S/C23H19ClN4O2S/c1-30-20-9-5-8-18(14-20)25-21(29)15-31-23-27-26-22(16-6-3-2-4-7-16)28(23)19-12-10-17(24)11-13-19/h2-14H,15H2,1H3,(H,25,29). The molecular weight excluding hydrogens is 432 g/mol. The van der Waals surface area contributed by atoms with E-state index < -0.39 is 0 Å². The monoisotopic (exact) mass is 450 g/mol. The third-order valence-corrected chi connectivity index (χ3v) is 5.62. The van der Waals surface area contributed by atoms with Gasteiger partial charge in [0.15, 0.2) is 11.0 Å². The number of thioether (sulfide) groups is 1. The predicted octanol–water partition coefficient (Wildman–Crippen LogP) is 5.33. The minimum atomic E-state index is -0.148. The fourth-order valence-electron chi connectivity index (χ4n) is 2.99. The number of aromatic nitrogens is 3. The molecule has 4 rings (SSSR count). The molecule has 0 bridgehead atoms. The summed E-state index contributed by atoms with van der Waals surface area (Å²) in [5.41, 5.74) is 2.47. The molecule has 0 spiro atoms. The zero-order valence-electron chi connectivity index (χ0n) is 16.7. The quantitative estimate of drug-likeness (QED) is 0.385. The van der Waals surface area contributed by atoms with Crippen molar-refractivity contribution in [1.82, 2.24) is 14.8 Å². The first-order valence-electron chi connectivity index (χ1n) is 9.47. The van der Waals surface area contributed by atoms with Crippen LogP contribution >= 0.6 is 23.4 Å². The van der Waals surface area contributed by atoms with Crippen LogP contribution in [0, 0.1) is 0 Å². The minimum Gasteiger partial charge on any atom is -0.497 e. The second-order valence-corrected chi connectivity index (χ2v) is 7.93. The fraction of sp³-hybridized carbons (Fsp3) is 0.0870. The lowest BCUT2D eigenvalue weighted by molar-refractivity contribution is -0.113. The van der Waals surface area contributed by atoms with Crippen LogP contribution in [0.2, 0.25) is 5.02 Å². The summed E-state index contributed by atoms with van der Waals surface area (Å²) in [6.07, 6.45) is 0. The Morgan fingerprint density at radius 3 is 2.55 bits per heavy atom. The second kappa shape index (κ2) is 9.68. The molecule has 1 amide bonds. The molecule has 6 nitrogen and oxygen atoms in total. The van der Waals surface area contributed by atoms with Gasteiger partial charge < -0.3 is 10.1 Å². The summed E-state index contributed by atoms with van der Waals surface area (Å²) >= 11 is 7.38. The van der Waals surface area contributed by atoms with Crippen LogP contribution in [0.15, 0.2) is 84.0 Å². The fourth-order valence-corrected chi connectivity index (χ4v) is 3.87. The van der Waals surface area contributed by atoms with E-state index in [4.69, 9.17) is 16.3 Å². The van der Waals surface area contributed by atoms with Gasteiger partial charge in [-0.3, -0.25) is 9.36 Å². The summed E-state index contributed by atoms with van der Waals surface area (Å²) in [5.74, 6) is 1.40. The Morgan fingerprint density at radius 1 is 1.03 bits per heavy atom. The summed E-state index contributed by atoms with van der Waals surface area (Å²) < 4.78 is 7.12. The number of halogens is 1. The maximum Gasteiger partial charge on any atom is 0.234 e. The molecule has 1 aromatic heterocycles. The van der Waals surface area contributed by atoms with Crippen LogP contribution < -0.4 is 10.1 Å². The third-order valence-electron chi connectivity index (χ3n) is 4.44. The average Bonchev–Trinajstić information content (AvgIpc) is 3.23. The molecule has 0 aliphatic heterocycles. The molecule has 0 aliphatic rings. The van der Waals surface area contributed by atoms with E-state index >= 15 is 0 Å². The molecule has 31 heavy (non-hydrogen) atoms. The number of carbonyl (C=O) groups is 1. The van der Waals surface area contributed by atoms with Crippen LogP contribution in [-0.2, 0) is 4.79 Å². The molecular formula is C23H19ClN4O2S. The van der Waals surface area contributed by atoms with Crippen molar-refractivity contribution in [3.63, 3.8) is 0 Å². The summed E-state index contributed by atoms with van der Waals surface area (Å²) in [6, 6.07) is 24.5. The molecule has 1 N–H and O–H groups in total. The van der Waals surface area contributed by atoms with Gasteiger partial charge in [0.1, 0.15) is 5.75 Å². The molecule has 8 heteroatoms. The number of methoxy groups -OCH3 is 1. The van der Waals surface area contributed by atoms with Crippen molar-refractivity contribution in [2.24, 2.45) is 0 Å². The molecule has 0 unspecified atom stereocenters. The number of ether oxygens (including phenoxy) is 1. The van der Waals surface area contributed by atoms with Gasteiger partial charge in [0, 0.05) is 28.0 Å². The lowest BCUT2D eigenvalue weighted by Gasteiger charge is -2.11. The van der Waals surface area contributed by atoms with Crippen LogP contribution in [0.25, 0.3) is 17.1 Å². The number of hydrogen-bond donors (Lipinski definition) is 1. The Hall–Kier alpha value is -3.29. The number of nitrogens with one attached hydrogen (secondary N) is 1. The molecule has 0 fully saturated rings. The van der Waals surface area contributed by atoms with Crippen molar-refractivity contribution in [1.29, 1.82) is 0 Å². The number of rotatable bonds is 7. The highest BCUT2D eigenvalue weighted by molar-refractivity contribution is 7.99. The van der Waals surface area contributed by atoms with Gasteiger partial charge in [0.2, 0.25) is 5.91 Å². The zero-order chi connectivity index (χ0) is 21.6. The Labute approximate surface area is 189 Å². The van der Waals surface area contributed by atoms with E-state index in [9.17, 15) is 4.79 Å². The van der Waals surface area contributed by atoms with Crippen molar-refractivity contribution in [2.75, 3.05) is 18.2 Å². The van der Waals surface area contributed by atoms with Crippen LogP contribution in [-0.4, -0.2) is 33.5 Å². The van der Waals surface area contributed by atoms with Crippen molar-refractivity contribution in [3.05, 3.63) is 83.9 Å². The van der Waals surface area contributed by atoms with Crippen LogP contribution in [0.3, 0.4) is 0 Å². The Balaban J connectivity index is 1.57. The van der Waals surface area contributed by atoms with Crippen molar-refractivity contribution in [3.8, 4) is 22.8 Å². The van der Waals surface area contributed by atoms with Gasteiger partial charge in [-0.25, -0.2) is 0 Å². The Kier molecular flexibility index (Phi) is 6.54. The molecule has 0 saturated heterocycles.